The molecule has 2 aliphatic rings. The molecule has 0 radical (unpaired) electrons. The predicted octanol–water partition coefficient (Wildman–Crippen LogP) is 4.42. The Bertz CT molecular complexity index is 1560. The van der Waals surface area contributed by atoms with Crippen molar-refractivity contribution in [3.05, 3.63) is 33.4 Å². The van der Waals surface area contributed by atoms with E-state index in [0.29, 0.717) is 54.3 Å². The summed E-state index contributed by atoms with van der Waals surface area (Å²) in [6.45, 7) is 10.4. The third-order valence-corrected chi connectivity index (χ3v) is 13.3. The Morgan fingerprint density at radius 1 is 1.14 bits per heavy atom. The highest BCUT2D eigenvalue weighted by Gasteiger charge is 2.33. The molecular weight excluding hydrogens is 620 g/mol. The molecule has 2 aromatic rings. The first kappa shape index (κ1) is 32.8. The van der Waals surface area contributed by atoms with Crippen LogP contribution < -0.4 is 10.0 Å². The maximum atomic E-state index is 13.7. The van der Waals surface area contributed by atoms with Crippen LogP contribution in [0.4, 0.5) is 0 Å². The van der Waals surface area contributed by atoms with E-state index in [-0.39, 0.29) is 44.1 Å². The molecule has 232 valence electrons. The summed E-state index contributed by atoms with van der Waals surface area (Å²) in [7, 11) is -6.99. The standard InChI is InChI=1S/C28H39ClN4O6S3/c1-6-28(4,5)32-42(38,39)21-8-7-20(22(29)18(21)3)24-23(27(35)33-13-9-17(2)10-14-33)31-26(40-24)25(34)30-19-11-15-41(36,37)16-12-19/h7-8,17,19,32H,6,9-16H2,1-5H3,(H,30,34). The fraction of sp³-hybridized carbons (Fsp3) is 0.607. The molecule has 4 rings (SSSR count). The molecule has 0 aliphatic carbocycles. The van der Waals surface area contributed by atoms with E-state index in [4.69, 9.17) is 11.6 Å². The molecule has 0 spiro atoms. The number of hydrogen-bond acceptors (Lipinski definition) is 8. The van der Waals surface area contributed by atoms with Gasteiger partial charge in [-0.2, -0.15) is 0 Å². The van der Waals surface area contributed by atoms with Crippen LogP contribution in [-0.2, 0) is 19.9 Å². The Morgan fingerprint density at radius 2 is 1.76 bits per heavy atom. The SMILES string of the molecule is CCC(C)(C)NS(=O)(=O)c1ccc(-c2sc(C(=O)NC3CCS(=O)(=O)CC3)nc2C(=O)N2CCC(C)CC2)c(Cl)c1C. The van der Waals surface area contributed by atoms with Gasteiger partial charge >= 0.3 is 0 Å². The van der Waals surface area contributed by atoms with E-state index < -0.39 is 31.3 Å². The van der Waals surface area contributed by atoms with E-state index in [1.807, 2.05) is 6.92 Å². The first-order chi connectivity index (χ1) is 19.5. The van der Waals surface area contributed by atoms with Crippen LogP contribution in [0.15, 0.2) is 17.0 Å². The number of nitrogens with one attached hydrogen (secondary N) is 2. The number of thiazole rings is 1. The number of rotatable bonds is 8. The summed E-state index contributed by atoms with van der Waals surface area (Å²) in [5.74, 6) is -0.288. The number of benzene rings is 1. The van der Waals surface area contributed by atoms with E-state index in [0.717, 1.165) is 24.2 Å². The van der Waals surface area contributed by atoms with Crippen molar-refractivity contribution in [1.82, 2.24) is 19.9 Å². The van der Waals surface area contributed by atoms with Gasteiger partial charge in [-0.3, -0.25) is 9.59 Å². The van der Waals surface area contributed by atoms with Crippen molar-refractivity contribution in [2.24, 2.45) is 5.92 Å². The molecule has 1 aromatic carbocycles. The quantitative estimate of drug-likeness (QED) is 0.428. The minimum absolute atomic E-state index is 0.00657. The van der Waals surface area contributed by atoms with Gasteiger partial charge in [0.1, 0.15) is 15.5 Å². The van der Waals surface area contributed by atoms with Gasteiger partial charge in [-0.05, 0) is 70.4 Å². The summed E-state index contributed by atoms with van der Waals surface area (Å²) >= 11 is 7.81. The molecule has 2 fully saturated rings. The van der Waals surface area contributed by atoms with Gasteiger partial charge in [-0.25, -0.2) is 26.5 Å². The number of carbonyl (C=O) groups is 2. The number of aromatic nitrogens is 1. The zero-order chi connectivity index (χ0) is 31.0. The van der Waals surface area contributed by atoms with Crippen LogP contribution in [0.25, 0.3) is 10.4 Å². The van der Waals surface area contributed by atoms with Crippen LogP contribution in [0.3, 0.4) is 0 Å². The summed E-state index contributed by atoms with van der Waals surface area (Å²) in [4.78, 5) is 33.6. The second kappa shape index (κ2) is 12.5. The lowest BCUT2D eigenvalue weighted by atomic mass is 9.99. The molecule has 1 aromatic heterocycles. The Balaban J connectivity index is 1.72. The van der Waals surface area contributed by atoms with Crippen molar-refractivity contribution < 1.29 is 26.4 Å². The number of amides is 2. The van der Waals surface area contributed by atoms with E-state index in [1.54, 1.807) is 31.7 Å². The molecule has 10 nitrogen and oxygen atoms in total. The lowest BCUT2D eigenvalue weighted by Crippen LogP contribution is -2.42. The van der Waals surface area contributed by atoms with Gasteiger partial charge in [-0.15, -0.1) is 11.3 Å². The number of hydrogen-bond donors (Lipinski definition) is 2. The molecule has 2 aliphatic heterocycles. The predicted molar refractivity (Wildman–Crippen MR) is 165 cm³/mol. The fourth-order valence-corrected chi connectivity index (χ4v) is 9.60. The van der Waals surface area contributed by atoms with E-state index >= 15 is 0 Å². The van der Waals surface area contributed by atoms with Gasteiger partial charge in [0.05, 0.1) is 26.3 Å². The lowest BCUT2D eigenvalue weighted by molar-refractivity contribution is 0.0692. The number of sulfone groups is 1. The van der Waals surface area contributed by atoms with Crippen LogP contribution in [0, 0.1) is 12.8 Å². The number of likely N-dealkylation sites (tertiary alicyclic amines) is 1. The van der Waals surface area contributed by atoms with Crippen molar-refractivity contribution in [2.75, 3.05) is 24.6 Å². The summed E-state index contributed by atoms with van der Waals surface area (Å²) in [6.07, 6.45) is 2.93. The Kier molecular flexibility index (Phi) is 9.78. The molecule has 42 heavy (non-hydrogen) atoms. The molecule has 2 saturated heterocycles. The van der Waals surface area contributed by atoms with E-state index in [9.17, 15) is 26.4 Å². The van der Waals surface area contributed by atoms with Crippen molar-refractivity contribution in [1.29, 1.82) is 0 Å². The molecule has 2 amide bonds. The third kappa shape index (κ3) is 7.35. The Morgan fingerprint density at radius 3 is 2.36 bits per heavy atom. The van der Waals surface area contributed by atoms with Crippen molar-refractivity contribution in [2.45, 2.75) is 83.2 Å². The van der Waals surface area contributed by atoms with Gasteiger partial charge in [0.25, 0.3) is 11.8 Å². The smallest absolute Gasteiger partial charge is 0.280 e. The first-order valence-electron chi connectivity index (χ1n) is 14.2. The maximum absolute atomic E-state index is 13.7. The zero-order valence-electron chi connectivity index (χ0n) is 24.6. The number of sulfonamides is 1. The molecule has 3 heterocycles. The average Bonchev–Trinajstić information content (AvgIpc) is 3.36. The van der Waals surface area contributed by atoms with Crippen LogP contribution in [-0.4, -0.2) is 74.7 Å². The zero-order valence-corrected chi connectivity index (χ0v) is 27.8. The lowest BCUT2D eigenvalue weighted by Gasteiger charge is -2.30. The number of piperidine rings is 1. The molecule has 0 saturated carbocycles. The molecule has 2 N–H and O–H groups in total. The monoisotopic (exact) mass is 658 g/mol. The van der Waals surface area contributed by atoms with Crippen LogP contribution in [0.5, 0.6) is 0 Å². The molecule has 0 atom stereocenters. The Labute approximate surface area is 257 Å². The van der Waals surface area contributed by atoms with Gasteiger partial charge in [0.2, 0.25) is 10.0 Å². The summed E-state index contributed by atoms with van der Waals surface area (Å²) < 4.78 is 52.8. The number of nitrogens with zero attached hydrogens (tertiary/aromatic N) is 2. The van der Waals surface area contributed by atoms with Crippen LogP contribution in [0.1, 0.15) is 85.7 Å². The molecule has 0 unspecified atom stereocenters. The van der Waals surface area contributed by atoms with Crippen LogP contribution >= 0.6 is 22.9 Å². The third-order valence-electron chi connectivity index (χ3n) is 8.15. The van der Waals surface area contributed by atoms with E-state index in [1.165, 1.54) is 6.07 Å². The average molecular weight is 659 g/mol. The number of carbonyl (C=O) groups excluding carboxylic acids is 2. The largest absolute Gasteiger partial charge is 0.347 e. The summed E-state index contributed by atoms with van der Waals surface area (Å²) in [6, 6.07) is 2.70. The minimum atomic E-state index is -3.89. The summed E-state index contributed by atoms with van der Waals surface area (Å²) in [5.41, 5.74) is 0.163. The molecule has 14 heteroatoms. The van der Waals surface area contributed by atoms with Crippen molar-refractivity contribution in [3.63, 3.8) is 0 Å². The first-order valence-corrected chi connectivity index (χ1v) is 18.7. The van der Waals surface area contributed by atoms with Crippen molar-refractivity contribution >= 4 is 54.6 Å². The van der Waals surface area contributed by atoms with Gasteiger partial charge < -0.3 is 10.2 Å². The summed E-state index contributed by atoms with van der Waals surface area (Å²) in [5, 5.41) is 3.08. The van der Waals surface area contributed by atoms with Crippen molar-refractivity contribution in [3.8, 4) is 10.4 Å². The highest BCUT2D eigenvalue weighted by Crippen LogP contribution is 2.40. The van der Waals surface area contributed by atoms with E-state index in [2.05, 4.69) is 21.9 Å². The Hall–Kier alpha value is -2.06. The second-order valence-corrected chi connectivity index (χ2v) is 17.3. The normalized spacial score (nSPS) is 18.7. The van der Waals surface area contributed by atoms with Gasteiger partial charge in [-0.1, -0.05) is 31.5 Å². The van der Waals surface area contributed by atoms with Gasteiger partial charge in [0, 0.05) is 30.2 Å². The fourth-order valence-electron chi connectivity index (χ4n) is 5.01. The highest BCUT2D eigenvalue weighted by molar-refractivity contribution is 7.91. The van der Waals surface area contributed by atoms with Gasteiger partial charge in [0.15, 0.2) is 5.01 Å². The minimum Gasteiger partial charge on any atom is -0.347 e. The number of halogens is 1. The highest BCUT2D eigenvalue weighted by atomic mass is 35.5. The molecular formula is C28H39ClN4O6S3. The molecule has 0 bridgehead atoms. The second-order valence-electron chi connectivity index (χ2n) is 12.0. The van der Waals surface area contributed by atoms with Crippen LogP contribution in [0.2, 0.25) is 5.02 Å². The maximum Gasteiger partial charge on any atom is 0.280 e. The topological polar surface area (TPSA) is 143 Å².